The van der Waals surface area contributed by atoms with Gasteiger partial charge in [0.05, 0.1) is 65.0 Å². The highest BCUT2D eigenvalue weighted by Gasteiger charge is 2.53. The van der Waals surface area contributed by atoms with Gasteiger partial charge in [0.25, 0.3) is 59.2 Å². The fraction of sp³-hybridized carbons (Fsp3) is 0.714. The number of aryl methyl sites for hydroxylation is 4. The molecule has 0 spiro atoms. The van der Waals surface area contributed by atoms with Crippen LogP contribution in [0, 0.1) is 0 Å². The smallest absolute Gasteiger partial charge is 0.394 e. The maximum Gasteiger partial charge on any atom is 0.394 e. The first-order valence-electron chi connectivity index (χ1n) is 40.5. The van der Waals surface area contributed by atoms with Crippen molar-refractivity contribution >= 4 is 47.0 Å². The van der Waals surface area contributed by atoms with E-state index in [0.717, 1.165) is 34.7 Å². The molecule has 4 unspecified atom stereocenters. The number of thioether (sulfide) groups is 4. The van der Waals surface area contributed by atoms with Crippen molar-refractivity contribution in [3.63, 3.8) is 0 Å². The van der Waals surface area contributed by atoms with Crippen LogP contribution in [-0.2, 0) is 70.3 Å². The van der Waals surface area contributed by atoms with Crippen molar-refractivity contribution in [2.45, 2.75) is 277 Å². The second-order valence-corrected chi connectivity index (χ2v) is 37.8. The van der Waals surface area contributed by atoms with E-state index in [0.29, 0.717) is 155 Å². The SMILES string of the molecule is CC(F)(F)CC(F)(F)CC(F)(F)CCSCCCc1cc2c(OCC3CO3)c(c1)Cc1cc(CCCSCCC(F)(F)CC(F)(F)CC(C)(F)F)cc(c1OCC1CO1)Cc1cc(CCCSCCCC(F)(F)CC(F)(F)CC(F)(F)F)cc(c1OCC1CO1)Cc1cc(CCCSCCCC(F)(F)CC(F)(F)CC(F)(F)F)cc(c1OCC1CO1)C2. The molecule has 1 aliphatic carbocycles. The first-order valence-corrected chi connectivity index (χ1v) is 45.1. The van der Waals surface area contributed by atoms with Crippen LogP contribution in [0.1, 0.15) is 196 Å². The highest BCUT2D eigenvalue weighted by molar-refractivity contribution is 7.99. The molecule has 4 fully saturated rings. The number of alkyl halides is 26. The first-order chi connectivity index (χ1) is 56.7. The molecule has 4 atom stereocenters. The zero-order valence-corrected chi connectivity index (χ0v) is 70.6. The van der Waals surface area contributed by atoms with Crippen LogP contribution in [0.5, 0.6) is 23.0 Å². The third kappa shape index (κ3) is 38.8. The van der Waals surface area contributed by atoms with Gasteiger partial charge in [-0.2, -0.15) is 73.4 Å². The zero-order chi connectivity index (χ0) is 89.4. The first kappa shape index (κ1) is 101. The molecule has 0 amide bonds. The van der Waals surface area contributed by atoms with Crippen LogP contribution in [0.2, 0.25) is 0 Å². The van der Waals surface area contributed by atoms with Crippen LogP contribution >= 0.6 is 47.0 Å². The van der Waals surface area contributed by atoms with Crippen molar-refractivity contribution in [3.05, 3.63) is 115 Å². The van der Waals surface area contributed by atoms with E-state index < -0.39 is 149 Å². The normalized spacial score (nSPS) is 18.2. The van der Waals surface area contributed by atoms with Crippen molar-refractivity contribution in [2.75, 3.05) is 98.9 Å². The molecule has 4 saturated heterocycles. The molecule has 0 saturated carbocycles. The van der Waals surface area contributed by atoms with Gasteiger partial charge in [0.2, 0.25) is 0 Å². The van der Waals surface area contributed by atoms with Gasteiger partial charge in [-0.1, -0.05) is 48.5 Å². The van der Waals surface area contributed by atoms with E-state index in [1.807, 2.05) is 48.5 Å². The molecule has 0 N–H and O–H groups in total. The Morgan fingerprint density at radius 1 is 0.262 bits per heavy atom. The van der Waals surface area contributed by atoms with Crippen molar-refractivity contribution in [3.8, 4) is 23.0 Å². The lowest BCUT2D eigenvalue weighted by Gasteiger charge is -2.25. The third-order valence-electron chi connectivity index (χ3n) is 20.0. The molecule has 4 heterocycles. The predicted octanol–water partition coefficient (Wildman–Crippen LogP) is 25.1. The Kier molecular flexibility index (Phi) is 35.9. The van der Waals surface area contributed by atoms with Gasteiger partial charge in [-0.15, -0.1) is 0 Å². The van der Waals surface area contributed by atoms with Crippen molar-refractivity contribution < 1.29 is 152 Å². The summed E-state index contributed by atoms with van der Waals surface area (Å²) < 4.78 is 416. The van der Waals surface area contributed by atoms with Gasteiger partial charge in [0.1, 0.15) is 86.7 Å². The number of benzene rings is 4. The van der Waals surface area contributed by atoms with Gasteiger partial charge < -0.3 is 37.9 Å². The van der Waals surface area contributed by atoms with Crippen LogP contribution in [0.3, 0.4) is 0 Å². The fourth-order valence-electron chi connectivity index (χ4n) is 14.7. The van der Waals surface area contributed by atoms with E-state index >= 15 is 17.6 Å². The molecule has 0 aromatic heterocycles. The third-order valence-corrected chi connectivity index (χ3v) is 24.5. The molecule has 4 aromatic carbocycles. The van der Waals surface area contributed by atoms with Crippen LogP contribution in [0.25, 0.3) is 0 Å². The number of epoxide rings is 4. The summed E-state index contributed by atoms with van der Waals surface area (Å²) in [5.41, 5.74) is 7.72. The molecule has 692 valence electrons. The minimum absolute atomic E-state index is 0.0390. The highest BCUT2D eigenvalue weighted by atomic mass is 32.2. The summed E-state index contributed by atoms with van der Waals surface area (Å²) in [6.45, 7) is 2.08. The molecule has 5 aliphatic rings. The largest absolute Gasteiger partial charge is 0.490 e. The van der Waals surface area contributed by atoms with E-state index in [4.69, 9.17) is 37.9 Å². The monoisotopic (exact) mass is 1860 g/mol. The lowest BCUT2D eigenvalue weighted by Crippen LogP contribution is -2.34. The van der Waals surface area contributed by atoms with Gasteiger partial charge in [0, 0.05) is 51.4 Å². The van der Waals surface area contributed by atoms with Crippen molar-refractivity contribution in [1.29, 1.82) is 0 Å². The maximum atomic E-state index is 15.1. The molecule has 122 heavy (non-hydrogen) atoms. The van der Waals surface area contributed by atoms with Gasteiger partial charge in [-0.05, 0) is 191 Å². The van der Waals surface area contributed by atoms with Gasteiger partial charge in [-0.25, -0.2) is 87.8 Å². The molecule has 4 aliphatic heterocycles. The Labute approximate surface area is 709 Å². The summed E-state index contributed by atoms with van der Waals surface area (Å²) in [5.74, 6) is -39.9. The number of halogens is 26. The van der Waals surface area contributed by atoms with Crippen molar-refractivity contribution in [1.82, 2.24) is 0 Å². The zero-order valence-electron chi connectivity index (χ0n) is 67.4. The minimum Gasteiger partial charge on any atom is -0.490 e. The van der Waals surface area contributed by atoms with E-state index in [9.17, 15) is 96.6 Å². The molecule has 4 aromatic rings. The van der Waals surface area contributed by atoms with Gasteiger partial charge in [0.15, 0.2) is 0 Å². The highest BCUT2D eigenvalue weighted by Crippen LogP contribution is 2.48. The average molecular weight is 1860 g/mol. The molecule has 38 heteroatoms. The molecule has 9 rings (SSSR count). The molecule has 8 nitrogen and oxygen atoms in total. The Morgan fingerprint density at radius 3 is 0.664 bits per heavy atom. The summed E-state index contributed by atoms with van der Waals surface area (Å²) in [4.78, 5) is 0. The molecular weight excluding hydrogens is 1760 g/mol. The summed E-state index contributed by atoms with van der Waals surface area (Å²) in [7, 11) is 0. The number of hydrogen-bond acceptors (Lipinski definition) is 12. The fourth-order valence-corrected chi connectivity index (χ4v) is 18.5. The second kappa shape index (κ2) is 43.3. The van der Waals surface area contributed by atoms with Crippen molar-refractivity contribution in [2.24, 2.45) is 0 Å². The Balaban J connectivity index is 1.12. The number of rotatable bonds is 56. The number of fused-ring (bicyclic) bond motifs is 8. The van der Waals surface area contributed by atoms with E-state index in [1.54, 1.807) is 0 Å². The maximum absolute atomic E-state index is 15.1. The lowest BCUT2D eigenvalue weighted by atomic mass is 9.87. The van der Waals surface area contributed by atoms with Gasteiger partial charge >= 0.3 is 12.4 Å². The Morgan fingerprint density at radius 2 is 0.459 bits per heavy atom. The average Bonchev–Trinajstić information content (AvgIpc) is 1.08. The lowest BCUT2D eigenvalue weighted by molar-refractivity contribution is -0.208. The van der Waals surface area contributed by atoms with Gasteiger partial charge in [-0.3, -0.25) is 0 Å². The van der Waals surface area contributed by atoms with Crippen LogP contribution in [-0.4, -0.2) is 195 Å². The molecule has 0 radical (unpaired) electrons. The van der Waals surface area contributed by atoms with Crippen LogP contribution < -0.4 is 18.9 Å². The summed E-state index contributed by atoms with van der Waals surface area (Å²) in [6.07, 6.45) is -32.3. The second-order valence-electron chi connectivity index (χ2n) is 32.9. The summed E-state index contributed by atoms with van der Waals surface area (Å²) in [5, 5.41) is 0. The number of hydrogen-bond donors (Lipinski definition) is 0. The van der Waals surface area contributed by atoms with Crippen LogP contribution in [0.15, 0.2) is 48.5 Å². The molecular formula is C84H102F26O8S4. The number of ether oxygens (including phenoxy) is 8. The summed E-state index contributed by atoms with van der Waals surface area (Å²) in [6, 6.07) is 15.4. The standard InChI is InChI=1S/C84H102F26O8S4/c1-73(85,86)45-79(97,98)49-77(93,94)15-23-121-19-5-11-55-29-61-34-59-27-53(9-3-17-119-21-7-13-75(89,90)47-81(101,102)51-83(105,106)107)25-57(69(59)115-41-65-37-111-65)33-58-26-54(10-4-18-120-22-8-14-76(91,92)48-82(103,104)52-84(108,109)110)28-60(70(58)116-42-66-38-112-66)35-62-30-56(12-6-20-122-24-16-78(95,96)50-80(99,100)46-74(2,87)88)32-64(72(62)118-44-68-40-114-68)36-63(31-55)71(61)117-43-67-39-113-67/h25-32,65-68H,3-24,33-52H2,1-2H3. The Bertz CT molecular complexity index is 3710. The minimum atomic E-state index is -5.38. The van der Waals surface area contributed by atoms with E-state index in [1.165, 1.54) is 23.5 Å². The Hall–Kier alpha value is -4.50. The predicted molar refractivity (Wildman–Crippen MR) is 418 cm³/mol. The van der Waals surface area contributed by atoms with E-state index in [2.05, 4.69) is 0 Å². The van der Waals surface area contributed by atoms with E-state index in [-0.39, 0.29) is 151 Å². The summed E-state index contributed by atoms with van der Waals surface area (Å²) >= 11 is 4.55. The topological polar surface area (TPSA) is 87.0 Å². The quantitative estimate of drug-likeness (QED) is 0.0211. The van der Waals surface area contributed by atoms with Crippen LogP contribution in [0.4, 0.5) is 114 Å². The molecule has 8 bridgehead atoms.